The first-order chi connectivity index (χ1) is 8.68. The van der Waals surface area contributed by atoms with E-state index in [1.165, 1.54) is 22.2 Å². The molecule has 1 saturated heterocycles. The van der Waals surface area contributed by atoms with Crippen molar-refractivity contribution in [3.8, 4) is 0 Å². The van der Waals surface area contributed by atoms with Crippen molar-refractivity contribution in [2.24, 2.45) is 0 Å². The number of hydrogen-bond donors (Lipinski definition) is 0. The van der Waals surface area contributed by atoms with Gasteiger partial charge in [-0.05, 0) is 49.6 Å². The zero-order valence-electron chi connectivity index (χ0n) is 10.9. The third-order valence-electron chi connectivity index (χ3n) is 3.43. The standard InChI is InChI=1S/C14H18N2OS/c1-9(2)12-14-13(10(3)8-18-14)16(15-12)11-6-4-5-7-17-11/h8,11H,1,4-7H2,2-3H3. The van der Waals surface area contributed by atoms with Gasteiger partial charge in [-0.25, -0.2) is 4.68 Å². The largest absolute Gasteiger partial charge is 0.356 e. The van der Waals surface area contributed by atoms with Crippen molar-refractivity contribution >= 4 is 27.1 Å². The monoisotopic (exact) mass is 262 g/mol. The highest BCUT2D eigenvalue weighted by molar-refractivity contribution is 7.17. The quantitative estimate of drug-likeness (QED) is 0.813. The lowest BCUT2D eigenvalue weighted by molar-refractivity contribution is -0.0367. The van der Waals surface area contributed by atoms with Crippen LogP contribution in [0.4, 0.5) is 0 Å². The number of aromatic nitrogens is 2. The van der Waals surface area contributed by atoms with Gasteiger partial charge in [0.05, 0.1) is 10.2 Å². The maximum absolute atomic E-state index is 5.86. The van der Waals surface area contributed by atoms with E-state index in [1.807, 2.05) is 6.92 Å². The number of ether oxygens (including phenoxy) is 1. The molecule has 3 heterocycles. The van der Waals surface area contributed by atoms with Crippen molar-refractivity contribution in [2.45, 2.75) is 39.3 Å². The summed E-state index contributed by atoms with van der Waals surface area (Å²) in [6.45, 7) is 9.04. The van der Waals surface area contributed by atoms with Crippen LogP contribution in [0.1, 0.15) is 43.7 Å². The summed E-state index contributed by atoms with van der Waals surface area (Å²) in [4.78, 5) is 0. The second kappa shape index (κ2) is 4.52. The SMILES string of the molecule is C=C(C)c1nn(C2CCCCO2)c2c(C)csc12. The molecule has 0 amide bonds. The minimum absolute atomic E-state index is 0.0997. The molecule has 3 nitrogen and oxygen atoms in total. The second-order valence-corrected chi connectivity index (χ2v) is 5.87. The first-order valence-electron chi connectivity index (χ1n) is 6.42. The van der Waals surface area contributed by atoms with Gasteiger partial charge in [-0.1, -0.05) is 6.58 Å². The summed E-state index contributed by atoms with van der Waals surface area (Å²) in [6.07, 6.45) is 3.54. The van der Waals surface area contributed by atoms with E-state index in [0.29, 0.717) is 0 Å². The summed E-state index contributed by atoms with van der Waals surface area (Å²) in [5.74, 6) is 0. The van der Waals surface area contributed by atoms with E-state index in [-0.39, 0.29) is 6.23 Å². The lowest BCUT2D eigenvalue weighted by Crippen LogP contribution is -2.19. The Morgan fingerprint density at radius 2 is 2.39 bits per heavy atom. The Labute approximate surface area is 111 Å². The second-order valence-electron chi connectivity index (χ2n) is 4.99. The molecule has 1 aliphatic rings. The summed E-state index contributed by atoms with van der Waals surface area (Å²) in [7, 11) is 0. The van der Waals surface area contributed by atoms with Crippen LogP contribution >= 0.6 is 11.3 Å². The number of allylic oxidation sites excluding steroid dienone is 1. The normalized spacial score (nSPS) is 20.4. The van der Waals surface area contributed by atoms with E-state index in [0.717, 1.165) is 30.7 Å². The van der Waals surface area contributed by atoms with Crippen LogP contribution in [0, 0.1) is 6.92 Å². The Bertz CT molecular complexity index is 590. The molecular weight excluding hydrogens is 244 g/mol. The summed E-state index contributed by atoms with van der Waals surface area (Å²) in [5.41, 5.74) is 4.56. The highest BCUT2D eigenvalue weighted by atomic mass is 32.1. The maximum Gasteiger partial charge on any atom is 0.150 e. The fourth-order valence-electron chi connectivity index (χ4n) is 2.50. The van der Waals surface area contributed by atoms with Crippen LogP contribution in [0.15, 0.2) is 12.0 Å². The van der Waals surface area contributed by atoms with Crippen LogP contribution in [0.25, 0.3) is 15.8 Å². The number of hydrogen-bond acceptors (Lipinski definition) is 3. The van der Waals surface area contributed by atoms with Gasteiger partial charge in [0.1, 0.15) is 5.69 Å². The molecule has 0 bridgehead atoms. The van der Waals surface area contributed by atoms with E-state index in [1.54, 1.807) is 11.3 Å². The molecule has 1 fully saturated rings. The average Bonchev–Trinajstić information content (AvgIpc) is 2.92. The molecule has 18 heavy (non-hydrogen) atoms. The Kier molecular flexibility index (Phi) is 2.99. The van der Waals surface area contributed by atoms with Crippen molar-refractivity contribution in [3.05, 3.63) is 23.2 Å². The zero-order chi connectivity index (χ0) is 12.7. The predicted molar refractivity (Wildman–Crippen MR) is 75.9 cm³/mol. The van der Waals surface area contributed by atoms with E-state index >= 15 is 0 Å². The summed E-state index contributed by atoms with van der Waals surface area (Å²) >= 11 is 1.75. The van der Waals surface area contributed by atoms with Gasteiger partial charge in [0.2, 0.25) is 0 Å². The van der Waals surface area contributed by atoms with E-state index in [4.69, 9.17) is 9.84 Å². The smallest absolute Gasteiger partial charge is 0.150 e. The molecule has 1 unspecified atom stereocenters. The number of rotatable bonds is 2. The molecular formula is C14H18N2OS. The summed E-state index contributed by atoms with van der Waals surface area (Å²) in [5, 5.41) is 6.93. The van der Waals surface area contributed by atoms with Crippen molar-refractivity contribution in [2.75, 3.05) is 6.61 Å². The van der Waals surface area contributed by atoms with E-state index in [2.05, 4.69) is 23.6 Å². The molecule has 0 aromatic carbocycles. The van der Waals surface area contributed by atoms with Gasteiger partial charge in [-0.2, -0.15) is 5.10 Å². The Hall–Kier alpha value is -1.13. The minimum atomic E-state index is 0.0997. The van der Waals surface area contributed by atoms with Crippen molar-refractivity contribution < 1.29 is 4.74 Å². The molecule has 0 N–H and O–H groups in total. The number of nitrogens with zero attached hydrogens (tertiary/aromatic N) is 2. The minimum Gasteiger partial charge on any atom is -0.356 e. The highest BCUT2D eigenvalue weighted by Crippen LogP contribution is 2.35. The summed E-state index contributed by atoms with van der Waals surface area (Å²) < 4.78 is 9.18. The first kappa shape index (κ1) is 11.9. The molecule has 4 heteroatoms. The molecule has 3 rings (SSSR count). The van der Waals surface area contributed by atoms with Crippen LogP contribution in [0.2, 0.25) is 0 Å². The van der Waals surface area contributed by atoms with E-state index in [9.17, 15) is 0 Å². The van der Waals surface area contributed by atoms with Gasteiger partial charge in [0, 0.05) is 6.61 Å². The fraction of sp³-hybridized carbons (Fsp3) is 0.500. The molecule has 2 aromatic rings. The van der Waals surface area contributed by atoms with Crippen LogP contribution < -0.4 is 0 Å². The number of thiophene rings is 1. The average molecular weight is 262 g/mol. The van der Waals surface area contributed by atoms with Gasteiger partial charge in [0.25, 0.3) is 0 Å². The van der Waals surface area contributed by atoms with Crippen LogP contribution in [-0.2, 0) is 4.74 Å². The lowest BCUT2D eigenvalue weighted by atomic mass is 10.2. The highest BCUT2D eigenvalue weighted by Gasteiger charge is 2.23. The topological polar surface area (TPSA) is 27.1 Å². The molecule has 2 aromatic heterocycles. The zero-order valence-corrected chi connectivity index (χ0v) is 11.7. The molecule has 0 radical (unpaired) electrons. The molecule has 0 aliphatic carbocycles. The lowest BCUT2D eigenvalue weighted by Gasteiger charge is -2.23. The predicted octanol–water partition coefficient (Wildman–Crippen LogP) is 4.14. The fourth-order valence-corrected chi connectivity index (χ4v) is 3.60. The van der Waals surface area contributed by atoms with Crippen LogP contribution in [0.3, 0.4) is 0 Å². The van der Waals surface area contributed by atoms with Gasteiger partial charge < -0.3 is 4.74 Å². The molecule has 0 saturated carbocycles. The van der Waals surface area contributed by atoms with Gasteiger partial charge in [-0.15, -0.1) is 11.3 Å². The van der Waals surface area contributed by atoms with Gasteiger partial charge in [0.15, 0.2) is 6.23 Å². The van der Waals surface area contributed by atoms with Crippen molar-refractivity contribution in [3.63, 3.8) is 0 Å². The summed E-state index contributed by atoms with van der Waals surface area (Å²) in [6, 6.07) is 0. The molecule has 0 spiro atoms. The molecule has 1 aliphatic heterocycles. The molecule has 1 atom stereocenters. The van der Waals surface area contributed by atoms with Crippen molar-refractivity contribution in [1.29, 1.82) is 0 Å². The van der Waals surface area contributed by atoms with Crippen LogP contribution in [0.5, 0.6) is 0 Å². The maximum atomic E-state index is 5.86. The third-order valence-corrected chi connectivity index (χ3v) is 4.52. The number of aryl methyl sites for hydroxylation is 1. The third kappa shape index (κ3) is 1.80. The Morgan fingerprint density at radius 3 is 3.06 bits per heavy atom. The van der Waals surface area contributed by atoms with Crippen LogP contribution in [-0.4, -0.2) is 16.4 Å². The van der Waals surface area contributed by atoms with E-state index < -0.39 is 0 Å². The van der Waals surface area contributed by atoms with Gasteiger partial charge in [-0.3, -0.25) is 0 Å². The first-order valence-corrected chi connectivity index (χ1v) is 7.30. The Morgan fingerprint density at radius 1 is 1.56 bits per heavy atom. The van der Waals surface area contributed by atoms with Crippen molar-refractivity contribution in [1.82, 2.24) is 9.78 Å². The molecule has 96 valence electrons. The Balaban J connectivity index is 2.15. The number of fused-ring (bicyclic) bond motifs is 1. The van der Waals surface area contributed by atoms with Gasteiger partial charge >= 0.3 is 0 Å².